The van der Waals surface area contributed by atoms with E-state index in [1.807, 2.05) is 0 Å². The molecule has 0 bridgehead atoms. The van der Waals surface area contributed by atoms with Gasteiger partial charge in [0.15, 0.2) is 0 Å². The second kappa shape index (κ2) is 10.4. The van der Waals surface area contributed by atoms with Crippen molar-refractivity contribution >= 4 is 41.0 Å². The van der Waals surface area contributed by atoms with Gasteiger partial charge < -0.3 is 19.9 Å². The van der Waals surface area contributed by atoms with Crippen molar-refractivity contribution in [3.63, 3.8) is 0 Å². The quantitative estimate of drug-likeness (QED) is 0.495. The Bertz CT molecular complexity index is 1120. The third-order valence-corrected chi connectivity index (χ3v) is 5.22. The maximum atomic E-state index is 11.9. The maximum Gasteiger partial charge on any atom is 0.408 e. The van der Waals surface area contributed by atoms with E-state index in [-0.39, 0.29) is 6.42 Å². The Labute approximate surface area is 200 Å². The molecule has 1 unspecified atom stereocenters. The van der Waals surface area contributed by atoms with Crippen LogP contribution in [-0.4, -0.2) is 40.0 Å². The highest BCUT2D eigenvalue weighted by Gasteiger charge is 2.25. The van der Waals surface area contributed by atoms with Crippen molar-refractivity contribution in [3.05, 3.63) is 64.6 Å². The molecule has 1 atom stereocenters. The van der Waals surface area contributed by atoms with Crippen molar-refractivity contribution in [3.8, 4) is 11.5 Å². The molecule has 1 aliphatic rings. The number of amides is 3. The number of carboxylic acids is 1. The number of hydrogen-bond acceptors (Lipinski definition) is 7. The fourth-order valence-electron chi connectivity index (χ4n) is 2.92. The van der Waals surface area contributed by atoms with E-state index in [9.17, 15) is 24.3 Å². The van der Waals surface area contributed by atoms with Gasteiger partial charge in [-0.1, -0.05) is 24.3 Å². The van der Waals surface area contributed by atoms with Gasteiger partial charge in [-0.05, 0) is 74.0 Å². The van der Waals surface area contributed by atoms with Crippen LogP contribution in [0.5, 0.6) is 11.5 Å². The highest BCUT2D eigenvalue weighted by molar-refractivity contribution is 8.18. The Morgan fingerprint density at radius 3 is 2.15 bits per heavy atom. The number of ether oxygens (including phenoxy) is 2. The van der Waals surface area contributed by atoms with Crippen LogP contribution in [0.1, 0.15) is 31.9 Å². The number of imide groups is 1. The zero-order valence-corrected chi connectivity index (χ0v) is 19.6. The van der Waals surface area contributed by atoms with Crippen LogP contribution in [0, 0.1) is 0 Å². The smallest absolute Gasteiger partial charge is 0.408 e. The minimum atomic E-state index is -1.17. The predicted octanol–water partition coefficient (Wildman–Crippen LogP) is 4.32. The van der Waals surface area contributed by atoms with Crippen molar-refractivity contribution in [1.29, 1.82) is 0 Å². The van der Waals surface area contributed by atoms with Gasteiger partial charge in [-0.3, -0.25) is 14.9 Å². The topological polar surface area (TPSA) is 131 Å². The van der Waals surface area contributed by atoms with Gasteiger partial charge in [0.1, 0.15) is 23.1 Å². The highest BCUT2D eigenvalue weighted by Crippen LogP contribution is 2.27. The molecule has 9 nitrogen and oxygen atoms in total. The van der Waals surface area contributed by atoms with Crippen LogP contribution >= 0.6 is 11.8 Å². The van der Waals surface area contributed by atoms with Gasteiger partial charge in [-0.2, -0.15) is 0 Å². The number of benzene rings is 2. The molecule has 0 aromatic heterocycles. The molecule has 2 aromatic rings. The van der Waals surface area contributed by atoms with E-state index in [2.05, 4.69) is 10.6 Å². The van der Waals surface area contributed by atoms with Crippen molar-refractivity contribution < 1.29 is 33.8 Å². The third kappa shape index (κ3) is 7.38. The Kier molecular flexibility index (Phi) is 7.62. The number of carbonyl (C=O) groups is 4. The number of carbonyl (C=O) groups excluding carboxylic acids is 3. The highest BCUT2D eigenvalue weighted by atomic mass is 32.2. The fourth-order valence-corrected chi connectivity index (χ4v) is 3.60. The van der Waals surface area contributed by atoms with Gasteiger partial charge in [0.2, 0.25) is 0 Å². The molecule has 0 aliphatic carbocycles. The molecule has 1 heterocycles. The van der Waals surface area contributed by atoms with Gasteiger partial charge in [-0.25, -0.2) is 9.59 Å². The Morgan fingerprint density at radius 2 is 1.65 bits per heavy atom. The van der Waals surface area contributed by atoms with Crippen molar-refractivity contribution in [2.24, 2.45) is 0 Å². The maximum absolute atomic E-state index is 11.9. The number of rotatable bonds is 7. The molecule has 3 rings (SSSR count). The number of hydrogen-bond donors (Lipinski definition) is 3. The summed E-state index contributed by atoms with van der Waals surface area (Å²) < 4.78 is 10.9. The number of alkyl carbamates (subject to hydrolysis) is 1. The Hall–Kier alpha value is -3.79. The fraction of sp³-hybridized carbons (Fsp3) is 0.250. The number of nitrogens with one attached hydrogen (secondary N) is 2. The van der Waals surface area contributed by atoms with Gasteiger partial charge in [0.25, 0.3) is 11.1 Å². The second-order valence-corrected chi connectivity index (χ2v) is 9.42. The molecule has 1 aliphatic heterocycles. The summed E-state index contributed by atoms with van der Waals surface area (Å²) >= 11 is 0.851. The van der Waals surface area contributed by atoms with Crippen LogP contribution in [0.2, 0.25) is 0 Å². The summed E-state index contributed by atoms with van der Waals surface area (Å²) in [6.07, 6.45) is 0.901. The Balaban J connectivity index is 1.59. The standard InChI is InChI=1S/C24H24N2O7S/c1-24(2,3)33-22(30)25-18(21(28)29)12-14-4-8-16(9-5-14)32-17-10-6-15(7-11-17)13-19-20(27)26-23(31)34-19/h4-11,13,18H,12H2,1-3H3,(H,25,30)(H,28,29)(H,26,27,31)/b19-13+. The van der Waals surface area contributed by atoms with Crippen LogP contribution in [0.3, 0.4) is 0 Å². The normalized spacial score (nSPS) is 15.6. The number of thioether (sulfide) groups is 1. The molecule has 1 fully saturated rings. The SMILES string of the molecule is CC(C)(C)OC(=O)NC(Cc1ccc(Oc2ccc(/C=C3/SC(=O)NC3=O)cc2)cc1)C(=O)O. The lowest BCUT2D eigenvalue weighted by Crippen LogP contribution is -2.44. The van der Waals surface area contributed by atoms with Crippen molar-refractivity contribution in [1.82, 2.24) is 10.6 Å². The predicted molar refractivity (Wildman–Crippen MR) is 127 cm³/mol. The van der Waals surface area contributed by atoms with E-state index in [0.29, 0.717) is 22.0 Å². The average Bonchev–Trinajstić information content (AvgIpc) is 3.05. The molecule has 3 amide bonds. The molecular formula is C24H24N2O7S. The third-order valence-electron chi connectivity index (χ3n) is 4.41. The minimum absolute atomic E-state index is 0.0757. The summed E-state index contributed by atoms with van der Waals surface area (Å²) in [6, 6.07) is 12.7. The van der Waals surface area contributed by atoms with Crippen molar-refractivity contribution in [2.75, 3.05) is 0 Å². The Morgan fingerprint density at radius 1 is 1.06 bits per heavy atom. The zero-order chi connectivity index (χ0) is 24.9. The van der Waals surface area contributed by atoms with E-state index >= 15 is 0 Å². The minimum Gasteiger partial charge on any atom is -0.480 e. The molecular weight excluding hydrogens is 460 g/mol. The van der Waals surface area contributed by atoms with E-state index in [4.69, 9.17) is 9.47 Å². The number of aliphatic carboxylic acids is 1. The first-order chi connectivity index (χ1) is 16.0. The summed E-state index contributed by atoms with van der Waals surface area (Å²) in [5.41, 5.74) is 0.705. The molecule has 34 heavy (non-hydrogen) atoms. The van der Waals surface area contributed by atoms with Crippen LogP contribution in [-0.2, 0) is 20.7 Å². The summed E-state index contributed by atoms with van der Waals surface area (Å²) in [4.78, 5) is 46.7. The molecule has 0 spiro atoms. The van der Waals surface area contributed by atoms with Crippen LogP contribution < -0.4 is 15.4 Å². The molecule has 178 valence electrons. The van der Waals surface area contributed by atoms with Crippen LogP contribution in [0.4, 0.5) is 9.59 Å². The van der Waals surface area contributed by atoms with Gasteiger partial charge in [-0.15, -0.1) is 0 Å². The zero-order valence-electron chi connectivity index (χ0n) is 18.8. The van der Waals surface area contributed by atoms with Gasteiger partial charge in [0, 0.05) is 6.42 Å². The first-order valence-corrected chi connectivity index (χ1v) is 11.1. The summed E-state index contributed by atoms with van der Waals surface area (Å²) in [5, 5.41) is 13.6. The summed E-state index contributed by atoms with van der Waals surface area (Å²) in [7, 11) is 0. The average molecular weight is 485 g/mol. The lowest BCUT2D eigenvalue weighted by atomic mass is 10.1. The number of carboxylic acid groups (broad SMARTS) is 1. The van der Waals surface area contributed by atoms with E-state index in [1.54, 1.807) is 75.4 Å². The molecule has 2 aromatic carbocycles. The van der Waals surface area contributed by atoms with Crippen LogP contribution in [0.15, 0.2) is 53.4 Å². The van der Waals surface area contributed by atoms with E-state index in [0.717, 1.165) is 17.3 Å². The largest absolute Gasteiger partial charge is 0.480 e. The van der Waals surface area contributed by atoms with Gasteiger partial charge in [0.05, 0.1) is 4.91 Å². The summed E-state index contributed by atoms with van der Waals surface area (Å²) in [5.74, 6) is -0.483. The molecule has 3 N–H and O–H groups in total. The van der Waals surface area contributed by atoms with Gasteiger partial charge >= 0.3 is 12.1 Å². The molecule has 10 heteroatoms. The first-order valence-electron chi connectivity index (χ1n) is 10.3. The van der Waals surface area contributed by atoms with Crippen molar-refractivity contribution in [2.45, 2.75) is 38.8 Å². The lowest BCUT2D eigenvalue weighted by Gasteiger charge is -2.22. The molecule has 1 saturated heterocycles. The monoisotopic (exact) mass is 484 g/mol. The molecule has 0 saturated carbocycles. The van der Waals surface area contributed by atoms with E-state index < -0.39 is 34.9 Å². The first kappa shape index (κ1) is 24.8. The lowest BCUT2D eigenvalue weighted by molar-refractivity contribution is -0.139. The second-order valence-electron chi connectivity index (χ2n) is 8.41. The summed E-state index contributed by atoms with van der Waals surface area (Å²) in [6.45, 7) is 5.09. The van der Waals surface area contributed by atoms with Crippen LogP contribution in [0.25, 0.3) is 6.08 Å². The molecule has 0 radical (unpaired) electrons. The van der Waals surface area contributed by atoms with E-state index in [1.165, 1.54) is 0 Å².